The van der Waals surface area contributed by atoms with Gasteiger partial charge in [0, 0.05) is 12.0 Å². The van der Waals surface area contributed by atoms with Gasteiger partial charge in [0.25, 0.3) is 0 Å². The molecular weight excluding hydrogens is 360 g/mol. The number of rotatable bonds is 8. The molecule has 0 amide bonds. The van der Waals surface area contributed by atoms with Crippen LogP contribution in [0.3, 0.4) is 0 Å². The zero-order valence-corrected chi connectivity index (χ0v) is 15.9. The Kier molecular flexibility index (Phi) is 5.89. The molecule has 1 atom stereocenters. The number of Topliss-reactive ketones (excluding diaryl/α,β-unsaturated/α-hetero) is 1. The maximum absolute atomic E-state index is 12.5. The summed E-state index contributed by atoms with van der Waals surface area (Å²) < 4.78 is 0. The molecule has 2 aromatic rings. The summed E-state index contributed by atoms with van der Waals surface area (Å²) in [6.45, 7) is 2.23. The van der Waals surface area contributed by atoms with Crippen LogP contribution in [0.5, 0.6) is 0 Å². The zero-order chi connectivity index (χ0) is 16.9. The van der Waals surface area contributed by atoms with Crippen molar-refractivity contribution in [2.24, 2.45) is 0 Å². The normalized spacial score (nSPS) is 15.2. The highest BCUT2D eigenvalue weighted by Crippen LogP contribution is 2.48. The largest absolute Gasteiger partial charge is 0.294 e. The van der Waals surface area contributed by atoms with Crippen LogP contribution in [0.25, 0.3) is 11.1 Å². The van der Waals surface area contributed by atoms with Gasteiger partial charge in [-0.05, 0) is 34.7 Å². The lowest BCUT2D eigenvalue weighted by Gasteiger charge is -2.07. The van der Waals surface area contributed by atoms with Crippen molar-refractivity contribution < 1.29 is 4.79 Å². The maximum Gasteiger partial charge on any atom is 0.162 e. The summed E-state index contributed by atoms with van der Waals surface area (Å²) >= 11 is 3.80. The second-order valence-corrected chi connectivity index (χ2v) is 7.61. The molecule has 1 unspecified atom stereocenters. The van der Waals surface area contributed by atoms with Crippen LogP contribution in [0, 0.1) is 0 Å². The fourth-order valence-electron chi connectivity index (χ4n) is 3.53. The molecule has 0 aliphatic heterocycles. The molecule has 0 spiro atoms. The van der Waals surface area contributed by atoms with Crippen LogP contribution in [0.2, 0.25) is 0 Å². The monoisotopic (exact) mass is 384 g/mol. The van der Waals surface area contributed by atoms with Crippen LogP contribution < -0.4 is 0 Å². The van der Waals surface area contributed by atoms with Crippen LogP contribution in [-0.4, -0.2) is 5.78 Å². The van der Waals surface area contributed by atoms with Crippen molar-refractivity contribution in [2.45, 2.75) is 56.7 Å². The number of fused-ring (bicyclic) bond motifs is 3. The Hall–Kier alpha value is -1.41. The van der Waals surface area contributed by atoms with Gasteiger partial charge in [-0.2, -0.15) is 0 Å². The Morgan fingerprint density at radius 3 is 2.46 bits per heavy atom. The topological polar surface area (TPSA) is 17.1 Å². The summed E-state index contributed by atoms with van der Waals surface area (Å²) in [6, 6.07) is 14.7. The third-order valence-electron chi connectivity index (χ3n) is 4.93. The van der Waals surface area contributed by atoms with Crippen LogP contribution >= 0.6 is 15.9 Å². The number of benzene rings is 2. The first-order chi connectivity index (χ1) is 11.7. The molecule has 0 bridgehead atoms. The van der Waals surface area contributed by atoms with E-state index in [0.29, 0.717) is 6.42 Å². The summed E-state index contributed by atoms with van der Waals surface area (Å²) in [5, 5.41) is 0. The average molecular weight is 385 g/mol. The molecule has 3 rings (SSSR count). The lowest BCUT2D eigenvalue weighted by Crippen LogP contribution is -2.00. The molecule has 24 heavy (non-hydrogen) atoms. The van der Waals surface area contributed by atoms with Crippen molar-refractivity contribution in [3.8, 4) is 11.1 Å². The second-order valence-electron chi connectivity index (χ2n) is 6.69. The first kappa shape index (κ1) is 17.4. The predicted molar refractivity (Wildman–Crippen MR) is 105 cm³/mol. The molecule has 0 saturated carbocycles. The number of carbonyl (C=O) groups excluding carboxylic acids is 1. The van der Waals surface area contributed by atoms with Crippen LogP contribution in [0.15, 0.2) is 42.5 Å². The summed E-state index contributed by atoms with van der Waals surface area (Å²) in [5.74, 6) is 0.281. The lowest BCUT2D eigenvalue weighted by atomic mass is 9.99. The Morgan fingerprint density at radius 2 is 1.62 bits per heavy atom. The number of alkyl halides is 1. The smallest absolute Gasteiger partial charge is 0.162 e. The van der Waals surface area contributed by atoms with Gasteiger partial charge in [0.15, 0.2) is 5.78 Å². The minimum atomic E-state index is 0.200. The van der Waals surface area contributed by atoms with Crippen molar-refractivity contribution in [2.75, 3.05) is 0 Å². The highest BCUT2D eigenvalue weighted by Gasteiger charge is 2.26. The van der Waals surface area contributed by atoms with E-state index in [4.69, 9.17) is 0 Å². The lowest BCUT2D eigenvalue weighted by molar-refractivity contribution is 0.0979. The van der Waals surface area contributed by atoms with Gasteiger partial charge >= 0.3 is 0 Å². The van der Waals surface area contributed by atoms with Gasteiger partial charge in [0.05, 0.1) is 4.83 Å². The zero-order valence-electron chi connectivity index (χ0n) is 14.4. The fraction of sp³-hybridized carbons (Fsp3) is 0.409. The minimum absolute atomic E-state index is 0.200. The quantitative estimate of drug-likeness (QED) is 0.269. The predicted octanol–water partition coefficient (Wildman–Crippen LogP) is 7.08. The van der Waals surface area contributed by atoms with E-state index in [1.165, 1.54) is 54.4 Å². The molecule has 1 aliphatic carbocycles. The maximum atomic E-state index is 12.5. The van der Waals surface area contributed by atoms with E-state index in [2.05, 4.69) is 59.3 Å². The Morgan fingerprint density at radius 1 is 0.917 bits per heavy atom. The van der Waals surface area contributed by atoms with Crippen molar-refractivity contribution >= 4 is 21.7 Å². The highest BCUT2D eigenvalue weighted by atomic mass is 79.9. The molecule has 2 aromatic carbocycles. The molecule has 0 saturated heterocycles. The van der Waals surface area contributed by atoms with E-state index in [1.807, 2.05) is 6.07 Å². The van der Waals surface area contributed by atoms with E-state index in [0.717, 1.165) is 12.0 Å². The highest BCUT2D eigenvalue weighted by molar-refractivity contribution is 9.09. The SMILES string of the molecule is CCCCCCCCC(=O)c1ccc2c(c1)C(Br)c1ccccc1-2. The summed E-state index contributed by atoms with van der Waals surface area (Å²) in [5.41, 5.74) is 5.92. The molecule has 1 aliphatic rings. The molecule has 0 aromatic heterocycles. The average Bonchev–Trinajstić information content (AvgIpc) is 2.90. The second kappa shape index (κ2) is 8.11. The number of hydrogen-bond donors (Lipinski definition) is 0. The van der Waals surface area contributed by atoms with E-state index in [1.54, 1.807) is 0 Å². The van der Waals surface area contributed by atoms with Gasteiger partial charge in [0.1, 0.15) is 0 Å². The van der Waals surface area contributed by atoms with Crippen LogP contribution in [0.4, 0.5) is 0 Å². The minimum Gasteiger partial charge on any atom is -0.294 e. The molecule has 2 heteroatoms. The van der Waals surface area contributed by atoms with Crippen LogP contribution in [-0.2, 0) is 0 Å². The molecule has 1 nitrogen and oxygen atoms in total. The Bertz CT molecular complexity index is 720. The van der Waals surface area contributed by atoms with E-state index >= 15 is 0 Å². The first-order valence-corrected chi connectivity index (χ1v) is 10.0. The van der Waals surface area contributed by atoms with Crippen molar-refractivity contribution in [1.82, 2.24) is 0 Å². The number of ketones is 1. The third-order valence-corrected chi connectivity index (χ3v) is 5.91. The van der Waals surface area contributed by atoms with E-state index < -0.39 is 0 Å². The summed E-state index contributed by atoms with van der Waals surface area (Å²) in [7, 11) is 0. The van der Waals surface area contributed by atoms with Gasteiger partial charge in [-0.15, -0.1) is 0 Å². The molecule has 126 valence electrons. The third kappa shape index (κ3) is 3.64. The fourth-order valence-corrected chi connectivity index (χ4v) is 4.31. The standard InChI is InChI=1S/C22H25BrO/c1-2-3-4-5-6-7-12-21(24)16-13-14-18-17-10-8-9-11-19(17)22(23)20(18)15-16/h8-11,13-15,22H,2-7,12H2,1H3. The van der Waals surface area contributed by atoms with Crippen LogP contribution in [0.1, 0.15) is 78.2 Å². The van der Waals surface area contributed by atoms with Gasteiger partial charge in [0.2, 0.25) is 0 Å². The van der Waals surface area contributed by atoms with Gasteiger partial charge in [-0.1, -0.05) is 91.4 Å². The molecule has 0 radical (unpaired) electrons. The number of unbranched alkanes of at least 4 members (excludes halogenated alkanes) is 5. The summed E-state index contributed by atoms with van der Waals surface area (Å²) in [6.07, 6.45) is 7.98. The Balaban J connectivity index is 1.64. The van der Waals surface area contributed by atoms with Crippen molar-refractivity contribution in [1.29, 1.82) is 0 Å². The molecular formula is C22H25BrO. The van der Waals surface area contributed by atoms with Crippen molar-refractivity contribution in [3.05, 3.63) is 59.2 Å². The molecule has 0 heterocycles. The number of hydrogen-bond acceptors (Lipinski definition) is 1. The van der Waals surface area contributed by atoms with Crippen molar-refractivity contribution in [3.63, 3.8) is 0 Å². The molecule has 0 fully saturated rings. The van der Waals surface area contributed by atoms with Gasteiger partial charge in [-0.25, -0.2) is 0 Å². The number of carbonyl (C=O) groups is 1. The van der Waals surface area contributed by atoms with Gasteiger partial charge < -0.3 is 0 Å². The first-order valence-electron chi connectivity index (χ1n) is 9.13. The van der Waals surface area contributed by atoms with E-state index in [9.17, 15) is 4.79 Å². The van der Waals surface area contributed by atoms with E-state index in [-0.39, 0.29) is 10.6 Å². The summed E-state index contributed by atoms with van der Waals surface area (Å²) in [4.78, 5) is 12.7. The number of halogens is 1. The molecule has 0 N–H and O–H groups in total. The Labute approximate surface area is 153 Å². The van der Waals surface area contributed by atoms with Gasteiger partial charge in [-0.3, -0.25) is 4.79 Å².